The van der Waals surface area contributed by atoms with Gasteiger partial charge in [0.25, 0.3) is 0 Å². The number of nitrogens with one attached hydrogen (secondary N) is 1. The molecule has 0 spiro atoms. The Morgan fingerprint density at radius 3 is 2.87 bits per heavy atom. The number of ether oxygens (including phenoxy) is 1. The van der Waals surface area contributed by atoms with Gasteiger partial charge in [-0.3, -0.25) is 0 Å². The van der Waals surface area contributed by atoms with Gasteiger partial charge in [-0.25, -0.2) is 14.4 Å². The maximum Gasteiger partial charge on any atom is 0.186 e. The number of rotatable bonds is 6. The fourth-order valence-electron chi connectivity index (χ4n) is 1.16. The number of aryl methyl sites for hydroxylation is 1. The Labute approximate surface area is 88.9 Å². The number of aromatic nitrogens is 2. The van der Waals surface area contributed by atoms with E-state index in [4.69, 9.17) is 4.74 Å². The number of hydrogen-bond acceptors (Lipinski definition) is 4. The van der Waals surface area contributed by atoms with Crippen LogP contribution in [0.25, 0.3) is 0 Å². The van der Waals surface area contributed by atoms with Crippen molar-refractivity contribution in [1.82, 2.24) is 9.97 Å². The van der Waals surface area contributed by atoms with Crippen LogP contribution in [0.3, 0.4) is 0 Å². The van der Waals surface area contributed by atoms with E-state index in [-0.39, 0.29) is 11.6 Å². The van der Waals surface area contributed by atoms with Gasteiger partial charge in [0.05, 0.1) is 12.3 Å². The van der Waals surface area contributed by atoms with Crippen LogP contribution in [-0.2, 0) is 11.2 Å². The Hall–Kier alpha value is -1.23. The Bertz CT molecular complexity index is 307. The monoisotopic (exact) mass is 213 g/mol. The van der Waals surface area contributed by atoms with Gasteiger partial charge in [-0.05, 0) is 13.3 Å². The molecule has 84 valence electrons. The van der Waals surface area contributed by atoms with Gasteiger partial charge in [-0.1, -0.05) is 6.92 Å². The van der Waals surface area contributed by atoms with Crippen molar-refractivity contribution in [3.8, 4) is 0 Å². The van der Waals surface area contributed by atoms with E-state index in [1.807, 2.05) is 13.8 Å². The highest BCUT2D eigenvalue weighted by Gasteiger charge is 2.08. The normalized spacial score (nSPS) is 10.3. The minimum atomic E-state index is -0.364. The second-order valence-electron chi connectivity index (χ2n) is 2.96. The van der Waals surface area contributed by atoms with E-state index in [1.54, 1.807) is 0 Å². The molecular weight excluding hydrogens is 197 g/mol. The summed E-state index contributed by atoms with van der Waals surface area (Å²) in [6.07, 6.45) is 1.93. The summed E-state index contributed by atoms with van der Waals surface area (Å²) in [5.74, 6) is -0.113. The van der Waals surface area contributed by atoms with Crippen molar-refractivity contribution < 1.29 is 9.13 Å². The first kappa shape index (κ1) is 11.8. The maximum absolute atomic E-state index is 13.6. The van der Waals surface area contributed by atoms with Crippen LogP contribution in [-0.4, -0.2) is 29.7 Å². The summed E-state index contributed by atoms with van der Waals surface area (Å²) in [5.41, 5.74) is 0.434. The number of hydrogen-bond donors (Lipinski definition) is 1. The predicted octanol–water partition coefficient (Wildman–Crippen LogP) is 1.63. The predicted molar refractivity (Wildman–Crippen MR) is 56.4 cm³/mol. The summed E-state index contributed by atoms with van der Waals surface area (Å²) in [4.78, 5) is 7.68. The Morgan fingerprint density at radius 2 is 2.20 bits per heavy atom. The van der Waals surface area contributed by atoms with Gasteiger partial charge < -0.3 is 10.1 Å². The van der Waals surface area contributed by atoms with Crippen molar-refractivity contribution in [1.29, 1.82) is 0 Å². The Morgan fingerprint density at radius 1 is 1.40 bits per heavy atom. The molecule has 0 amide bonds. The second kappa shape index (κ2) is 6.29. The highest BCUT2D eigenvalue weighted by molar-refractivity contribution is 5.37. The SMILES string of the molecule is CCOCCNc1ncnc(CC)c1F. The molecule has 0 fully saturated rings. The summed E-state index contributed by atoms with van der Waals surface area (Å²) in [6, 6.07) is 0. The molecule has 15 heavy (non-hydrogen) atoms. The van der Waals surface area contributed by atoms with Crippen LogP contribution in [0, 0.1) is 5.82 Å². The third-order valence-electron chi connectivity index (χ3n) is 1.94. The zero-order valence-corrected chi connectivity index (χ0v) is 9.09. The van der Waals surface area contributed by atoms with E-state index in [2.05, 4.69) is 15.3 Å². The lowest BCUT2D eigenvalue weighted by Gasteiger charge is -2.07. The molecule has 5 heteroatoms. The molecule has 0 saturated carbocycles. The first-order valence-corrected chi connectivity index (χ1v) is 5.10. The van der Waals surface area contributed by atoms with E-state index in [0.29, 0.717) is 31.9 Å². The lowest BCUT2D eigenvalue weighted by molar-refractivity contribution is 0.158. The molecule has 0 aliphatic carbocycles. The average Bonchev–Trinajstić information content (AvgIpc) is 2.26. The lowest BCUT2D eigenvalue weighted by Crippen LogP contribution is -2.12. The molecule has 0 saturated heterocycles. The smallest absolute Gasteiger partial charge is 0.186 e. The molecular formula is C10H16FN3O. The molecule has 0 atom stereocenters. The molecule has 0 aliphatic heterocycles. The van der Waals surface area contributed by atoms with Crippen molar-refractivity contribution in [2.24, 2.45) is 0 Å². The fourth-order valence-corrected chi connectivity index (χ4v) is 1.16. The first-order chi connectivity index (χ1) is 7.29. The van der Waals surface area contributed by atoms with Crippen LogP contribution in [0.15, 0.2) is 6.33 Å². The molecule has 1 rings (SSSR count). The number of anilines is 1. The Balaban J connectivity index is 2.53. The van der Waals surface area contributed by atoms with Crippen LogP contribution in [0.4, 0.5) is 10.2 Å². The van der Waals surface area contributed by atoms with E-state index in [9.17, 15) is 4.39 Å². The maximum atomic E-state index is 13.6. The van der Waals surface area contributed by atoms with Crippen molar-refractivity contribution in [2.45, 2.75) is 20.3 Å². The molecule has 0 aromatic carbocycles. The van der Waals surface area contributed by atoms with Crippen LogP contribution in [0.5, 0.6) is 0 Å². The zero-order valence-electron chi connectivity index (χ0n) is 9.09. The highest BCUT2D eigenvalue weighted by atomic mass is 19.1. The number of nitrogens with zero attached hydrogens (tertiary/aromatic N) is 2. The highest BCUT2D eigenvalue weighted by Crippen LogP contribution is 2.12. The molecule has 1 N–H and O–H groups in total. The molecule has 0 aliphatic rings. The largest absolute Gasteiger partial charge is 0.380 e. The fraction of sp³-hybridized carbons (Fsp3) is 0.600. The standard InChI is InChI=1S/C10H16FN3O/c1-3-8-9(11)10(14-7-13-8)12-5-6-15-4-2/h7H,3-6H2,1-2H3,(H,12,13,14). The minimum Gasteiger partial charge on any atom is -0.380 e. The molecule has 0 bridgehead atoms. The summed E-state index contributed by atoms with van der Waals surface area (Å²) in [7, 11) is 0. The van der Waals surface area contributed by atoms with Crippen molar-refractivity contribution >= 4 is 5.82 Å². The van der Waals surface area contributed by atoms with Gasteiger partial charge >= 0.3 is 0 Å². The molecule has 4 nitrogen and oxygen atoms in total. The van der Waals surface area contributed by atoms with Crippen LogP contribution in [0.2, 0.25) is 0 Å². The topological polar surface area (TPSA) is 47.0 Å². The van der Waals surface area contributed by atoms with Gasteiger partial charge in [-0.2, -0.15) is 0 Å². The molecule has 1 aromatic rings. The van der Waals surface area contributed by atoms with E-state index >= 15 is 0 Å². The molecule has 0 unspecified atom stereocenters. The quantitative estimate of drug-likeness (QED) is 0.729. The van der Waals surface area contributed by atoms with Gasteiger partial charge in [0.2, 0.25) is 0 Å². The minimum absolute atomic E-state index is 0.251. The summed E-state index contributed by atoms with van der Waals surface area (Å²) in [6.45, 7) is 5.52. The van der Waals surface area contributed by atoms with Gasteiger partial charge in [0.15, 0.2) is 11.6 Å². The first-order valence-electron chi connectivity index (χ1n) is 5.10. The molecule has 0 radical (unpaired) electrons. The van der Waals surface area contributed by atoms with E-state index in [0.717, 1.165) is 0 Å². The van der Waals surface area contributed by atoms with Gasteiger partial charge in [-0.15, -0.1) is 0 Å². The van der Waals surface area contributed by atoms with E-state index < -0.39 is 0 Å². The second-order valence-corrected chi connectivity index (χ2v) is 2.96. The van der Waals surface area contributed by atoms with Crippen molar-refractivity contribution in [3.63, 3.8) is 0 Å². The van der Waals surface area contributed by atoms with Gasteiger partial charge in [0.1, 0.15) is 6.33 Å². The van der Waals surface area contributed by atoms with Gasteiger partial charge in [0, 0.05) is 13.2 Å². The number of halogens is 1. The summed E-state index contributed by atoms with van der Waals surface area (Å²) < 4.78 is 18.7. The van der Waals surface area contributed by atoms with Crippen molar-refractivity contribution in [3.05, 3.63) is 17.8 Å². The van der Waals surface area contributed by atoms with Crippen molar-refractivity contribution in [2.75, 3.05) is 25.1 Å². The van der Waals surface area contributed by atoms with Crippen LogP contribution in [0.1, 0.15) is 19.5 Å². The summed E-state index contributed by atoms with van der Waals surface area (Å²) >= 11 is 0. The summed E-state index contributed by atoms with van der Waals surface area (Å²) in [5, 5.41) is 2.87. The van der Waals surface area contributed by atoms with Crippen LogP contribution < -0.4 is 5.32 Å². The lowest BCUT2D eigenvalue weighted by atomic mass is 10.3. The zero-order chi connectivity index (χ0) is 11.1. The molecule has 1 heterocycles. The van der Waals surface area contributed by atoms with Crippen LogP contribution >= 0.6 is 0 Å². The molecule has 1 aromatic heterocycles. The third-order valence-corrected chi connectivity index (χ3v) is 1.94. The third kappa shape index (κ3) is 3.43. The Kier molecular flexibility index (Phi) is 4.97. The van der Waals surface area contributed by atoms with E-state index in [1.165, 1.54) is 6.33 Å². The average molecular weight is 213 g/mol.